The van der Waals surface area contributed by atoms with E-state index in [2.05, 4.69) is 9.64 Å². The van der Waals surface area contributed by atoms with E-state index in [9.17, 15) is 19.7 Å². The molecule has 1 atom stereocenters. The van der Waals surface area contributed by atoms with E-state index in [0.717, 1.165) is 16.7 Å². The quantitative estimate of drug-likeness (QED) is 0.158. The molecule has 0 N–H and O–H groups in total. The van der Waals surface area contributed by atoms with Crippen LogP contribution in [-0.2, 0) is 22.6 Å². The average molecular weight is 538 g/mol. The minimum Gasteiger partial charge on any atom is -0.482 e. The number of non-ortho nitro benzene ring substituents is 1. The van der Waals surface area contributed by atoms with Crippen molar-refractivity contribution < 1.29 is 24.0 Å². The molecule has 0 radical (unpaired) electrons. The molecule has 0 fully saturated rings. The van der Waals surface area contributed by atoms with Crippen molar-refractivity contribution in [3.8, 4) is 5.75 Å². The van der Waals surface area contributed by atoms with E-state index >= 15 is 0 Å². The van der Waals surface area contributed by atoms with E-state index in [4.69, 9.17) is 4.74 Å². The van der Waals surface area contributed by atoms with Crippen molar-refractivity contribution in [3.63, 3.8) is 0 Å². The van der Waals surface area contributed by atoms with Gasteiger partial charge >= 0.3 is 5.97 Å². The molecular formula is C31H27N3O6. The lowest BCUT2D eigenvalue weighted by atomic mass is 9.98. The monoisotopic (exact) mass is 537 g/mol. The third kappa shape index (κ3) is 5.63. The van der Waals surface area contributed by atoms with Crippen molar-refractivity contribution in [1.82, 2.24) is 4.90 Å². The summed E-state index contributed by atoms with van der Waals surface area (Å²) < 4.78 is 10.2. The Hall–Kier alpha value is -5.18. The zero-order valence-electron chi connectivity index (χ0n) is 21.8. The summed E-state index contributed by atoms with van der Waals surface area (Å²) in [5.74, 6) is -0.310. The lowest BCUT2D eigenvalue weighted by molar-refractivity contribution is -0.384. The van der Waals surface area contributed by atoms with Gasteiger partial charge in [0.25, 0.3) is 11.6 Å². The number of rotatable bonds is 9. The first kappa shape index (κ1) is 26.4. The molecule has 0 saturated heterocycles. The fraction of sp³-hybridized carbons (Fsp3) is 0.161. The number of nitrogens with zero attached hydrogens (tertiary/aromatic N) is 3. The van der Waals surface area contributed by atoms with Crippen molar-refractivity contribution in [1.29, 1.82) is 0 Å². The Labute approximate surface area is 231 Å². The van der Waals surface area contributed by atoms with Gasteiger partial charge in [0.15, 0.2) is 6.61 Å². The number of amides is 1. The molecule has 4 aromatic rings. The number of carbonyl (C=O) groups excluding carboxylic acids is 2. The Morgan fingerprint density at radius 2 is 1.45 bits per heavy atom. The number of methoxy groups -OCH3 is 1. The first-order chi connectivity index (χ1) is 19.4. The van der Waals surface area contributed by atoms with Gasteiger partial charge < -0.3 is 19.3 Å². The molecule has 9 nitrogen and oxygen atoms in total. The Morgan fingerprint density at radius 3 is 2.02 bits per heavy atom. The van der Waals surface area contributed by atoms with E-state index in [-0.39, 0.29) is 23.8 Å². The predicted molar refractivity (Wildman–Crippen MR) is 149 cm³/mol. The molecule has 5 rings (SSSR count). The van der Waals surface area contributed by atoms with Gasteiger partial charge in [-0.25, -0.2) is 4.79 Å². The van der Waals surface area contributed by atoms with Gasteiger partial charge in [0, 0.05) is 25.2 Å². The fourth-order valence-electron chi connectivity index (χ4n) is 4.81. The van der Waals surface area contributed by atoms with Gasteiger partial charge in [0.1, 0.15) is 11.9 Å². The summed E-state index contributed by atoms with van der Waals surface area (Å²) in [6, 6.07) is 31.1. The van der Waals surface area contributed by atoms with Crippen molar-refractivity contribution in [2.75, 3.05) is 18.6 Å². The van der Waals surface area contributed by atoms with E-state index in [1.54, 1.807) is 23.1 Å². The number of fused-ring (bicyclic) bond motifs is 1. The molecule has 1 heterocycles. The maximum Gasteiger partial charge on any atom is 0.343 e. The minimum absolute atomic E-state index is 0.142. The number of nitro groups is 1. The fourth-order valence-corrected chi connectivity index (χ4v) is 4.81. The van der Waals surface area contributed by atoms with Crippen LogP contribution >= 0.6 is 0 Å². The summed E-state index contributed by atoms with van der Waals surface area (Å²) in [6.07, 6.45) is -0.531. The van der Waals surface area contributed by atoms with Crippen LogP contribution in [0.15, 0.2) is 103 Å². The lowest BCUT2D eigenvalue weighted by Crippen LogP contribution is -2.48. The average Bonchev–Trinajstić information content (AvgIpc) is 2.99. The largest absolute Gasteiger partial charge is 0.482 e. The number of carbonyl (C=O) groups is 2. The van der Waals surface area contributed by atoms with E-state index in [1.165, 1.54) is 19.2 Å². The molecular weight excluding hydrogens is 510 g/mol. The summed E-state index contributed by atoms with van der Waals surface area (Å²) in [5, 5.41) is 11.6. The van der Waals surface area contributed by atoms with Crippen LogP contribution < -0.4 is 9.64 Å². The normalized spacial score (nSPS) is 14.4. The summed E-state index contributed by atoms with van der Waals surface area (Å²) >= 11 is 0. The van der Waals surface area contributed by atoms with Gasteiger partial charge in [0.05, 0.1) is 23.3 Å². The minimum atomic E-state index is -0.531. The van der Waals surface area contributed by atoms with Crippen LogP contribution in [0.25, 0.3) is 0 Å². The topological polar surface area (TPSA) is 102 Å². The van der Waals surface area contributed by atoms with Crippen LogP contribution in [0.4, 0.5) is 11.4 Å². The highest BCUT2D eigenvalue weighted by atomic mass is 16.6. The van der Waals surface area contributed by atoms with Crippen molar-refractivity contribution in [2.45, 2.75) is 19.3 Å². The zero-order chi connectivity index (χ0) is 28.1. The van der Waals surface area contributed by atoms with Crippen LogP contribution in [0.1, 0.15) is 33.2 Å². The highest BCUT2D eigenvalue weighted by molar-refractivity contribution is 6.02. The zero-order valence-corrected chi connectivity index (χ0v) is 21.8. The molecule has 1 amide bonds. The van der Waals surface area contributed by atoms with Crippen molar-refractivity contribution in [3.05, 3.63) is 135 Å². The van der Waals surface area contributed by atoms with Gasteiger partial charge in [0.2, 0.25) is 0 Å². The third-order valence-electron chi connectivity index (χ3n) is 6.74. The summed E-state index contributed by atoms with van der Waals surface area (Å²) in [6.45, 7) is 0.526. The highest BCUT2D eigenvalue weighted by Crippen LogP contribution is 2.42. The molecule has 0 aromatic heterocycles. The standard InChI is InChI=1S/C31H27N3O6/c1-39-29(35)21-40-26-15-12-24(13-16-26)30-32(19-22-8-4-2-5-9-22)28-17-14-25(34(37)38)18-27(28)31(36)33(30)20-23-10-6-3-7-11-23/h2-18,30H,19-21H2,1H3/t30-/m0/s1. The number of hydrogen-bond acceptors (Lipinski definition) is 7. The van der Waals surface area contributed by atoms with Crippen LogP contribution in [-0.4, -0.2) is 35.4 Å². The molecule has 202 valence electrons. The second-order valence-electron chi connectivity index (χ2n) is 9.30. The molecule has 0 spiro atoms. The molecule has 0 saturated carbocycles. The molecule has 40 heavy (non-hydrogen) atoms. The Balaban J connectivity index is 1.61. The predicted octanol–water partition coefficient (Wildman–Crippen LogP) is 5.51. The Bertz CT molecular complexity index is 1510. The Morgan fingerprint density at radius 1 is 0.850 bits per heavy atom. The molecule has 9 heteroatoms. The molecule has 1 aliphatic rings. The first-order valence-corrected chi connectivity index (χ1v) is 12.7. The first-order valence-electron chi connectivity index (χ1n) is 12.7. The van der Waals surface area contributed by atoms with Crippen LogP contribution in [0.3, 0.4) is 0 Å². The number of anilines is 1. The number of benzene rings is 4. The molecule has 0 bridgehead atoms. The van der Waals surface area contributed by atoms with E-state index in [1.807, 2.05) is 72.8 Å². The van der Waals surface area contributed by atoms with Crippen LogP contribution in [0.5, 0.6) is 5.75 Å². The second kappa shape index (κ2) is 11.7. The maximum absolute atomic E-state index is 14.1. The van der Waals surface area contributed by atoms with Gasteiger partial charge in [-0.3, -0.25) is 14.9 Å². The van der Waals surface area contributed by atoms with Crippen LogP contribution in [0, 0.1) is 10.1 Å². The molecule has 0 unspecified atom stereocenters. The van der Waals surface area contributed by atoms with Gasteiger partial charge in [-0.1, -0.05) is 72.8 Å². The van der Waals surface area contributed by atoms with Crippen molar-refractivity contribution >= 4 is 23.3 Å². The lowest BCUT2D eigenvalue weighted by Gasteiger charge is -2.46. The number of hydrogen-bond donors (Lipinski definition) is 0. The SMILES string of the molecule is COC(=O)COc1ccc([C@@H]2N(Cc3ccccc3)C(=O)c3cc([N+](=O)[O-])ccc3N2Cc2ccccc2)cc1. The molecule has 0 aliphatic carbocycles. The smallest absolute Gasteiger partial charge is 0.343 e. The number of nitro benzene ring substituents is 1. The Kier molecular flexibility index (Phi) is 7.72. The third-order valence-corrected chi connectivity index (χ3v) is 6.74. The number of esters is 1. The van der Waals surface area contributed by atoms with Gasteiger partial charge in [-0.15, -0.1) is 0 Å². The van der Waals surface area contributed by atoms with Gasteiger partial charge in [-0.2, -0.15) is 0 Å². The maximum atomic E-state index is 14.1. The van der Waals surface area contributed by atoms with Crippen LogP contribution in [0.2, 0.25) is 0 Å². The van der Waals surface area contributed by atoms with Crippen molar-refractivity contribution in [2.24, 2.45) is 0 Å². The molecule has 4 aromatic carbocycles. The second-order valence-corrected chi connectivity index (χ2v) is 9.30. The highest BCUT2D eigenvalue weighted by Gasteiger charge is 2.39. The van der Waals surface area contributed by atoms with E-state index < -0.39 is 17.1 Å². The summed E-state index contributed by atoms with van der Waals surface area (Å²) in [7, 11) is 1.30. The summed E-state index contributed by atoms with van der Waals surface area (Å²) in [5.41, 5.74) is 3.50. The number of ether oxygens (including phenoxy) is 2. The van der Waals surface area contributed by atoms with Gasteiger partial charge in [-0.05, 0) is 34.9 Å². The summed E-state index contributed by atoms with van der Waals surface area (Å²) in [4.78, 5) is 40.5. The van der Waals surface area contributed by atoms with E-state index in [0.29, 0.717) is 24.5 Å². The molecule has 1 aliphatic heterocycles.